The third kappa shape index (κ3) is 2.88. The first-order valence-electron chi connectivity index (χ1n) is 5.17. The van der Waals surface area contributed by atoms with Crippen molar-refractivity contribution in [2.24, 2.45) is 5.73 Å². The number of hydrogen-bond acceptors (Lipinski definition) is 4. The van der Waals surface area contributed by atoms with Gasteiger partial charge in [-0.25, -0.2) is 9.97 Å². The Morgan fingerprint density at radius 1 is 1.33 bits per heavy atom. The molecule has 1 heterocycles. The van der Waals surface area contributed by atoms with Crippen LogP contribution in [0.3, 0.4) is 0 Å². The summed E-state index contributed by atoms with van der Waals surface area (Å²) in [4.78, 5) is 9.32. The van der Waals surface area contributed by atoms with Crippen molar-refractivity contribution >= 4 is 33.5 Å². The Balaban J connectivity index is 2.37. The van der Waals surface area contributed by atoms with Crippen molar-refractivity contribution in [3.63, 3.8) is 0 Å². The molecule has 0 amide bonds. The lowest BCUT2D eigenvalue weighted by Gasteiger charge is -2.08. The molecule has 1 aromatic heterocycles. The number of aryl methyl sites for hydroxylation is 1. The number of nitrogens with two attached hydrogens (primary N) is 1. The van der Waals surface area contributed by atoms with Crippen LogP contribution in [-0.2, 0) is 0 Å². The lowest BCUT2D eigenvalue weighted by Crippen LogP contribution is -2.13. The largest absolute Gasteiger partial charge is 0.384 e. The highest BCUT2D eigenvalue weighted by molar-refractivity contribution is 9.10. The van der Waals surface area contributed by atoms with Gasteiger partial charge in [0.15, 0.2) is 5.16 Å². The van der Waals surface area contributed by atoms with Crippen molar-refractivity contribution in [2.75, 3.05) is 0 Å². The van der Waals surface area contributed by atoms with E-state index in [-0.39, 0.29) is 5.84 Å². The molecule has 2 rings (SSSR count). The first kappa shape index (κ1) is 13.0. The van der Waals surface area contributed by atoms with Gasteiger partial charge in [0.05, 0.1) is 0 Å². The molecule has 0 unspecified atom stereocenters. The number of aromatic nitrogens is 2. The van der Waals surface area contributed by atoms with E-state index in [1.165, 1.54) is 11.8 Å². The van der Waals surface area contributed by atoms with Gasteiger partial charge in [-0.15, -0.1) is 0 Å². The van der Waals surface area contributed by atoms with Crippen molar-refractivity contribution in [1.29, 1.82) is 5.41 Å². The smallest absolute Gasteiger partial charge is 0.192 e. The van der Waals surface area contributed by atoms with Gasteiger partial charge in [0.2, 0.25) is 0 Å². The van der Waals surface area contributed by atoms with Crippen LogP contribution in [0.2, 0.25) is 0 Å². The standard InChI is InChI=1S/C12H11BrN4S/c1-7-5-16-12(17-6-7)18-9-4-2-3-8(13)10(9)11(14)15/h2-6H,1H3,(H3,14,15). The minimum Gasteiger partial charge on any atom is -0.384 e. The second-order valence-electron chi connectivity index (χ2n) is 3.67. The first-order chi connectivity index (χ1) is 8.58. The van der Waals surface area contributed by atoms with Gasteiger partial charge in [0.25, 0.3) is 0 Å². The molecule has 1 aromatic carbocycles. The van der Waals surface area contributed by atoms with Gasteiger partial charge < -0.3 is 5.73 Å². The number of nitrogen functional groups attached to an aromatic ring is 1. The average Bonchev–Trinajstić information content (AvgIpc) is 2.32. The van der Waals surface area contributed by atoms with Gasteiger partial charge in [0.1, 0.15) is 5.84 Å². The van der Waals surface area contributed by atoms with E-state index >= 15 is 0 Å². The quantitative estimate of drug-likeness (QED) is 0.517. The fourth-order valence-electron chi connectivity index (χ4n) is 1.38. The predicted molar refractivity (Wildman–Crippen MR) is 76.1 cm³/mol. The van der Waals surface area contributed by atoms with Crippen molar-refractivity contribution in [1.82, 2.24) is 9.97 Å². The van der Waals surface area contributed by atoms with E-state index in [1.54, 1.807) is 12.4 Å². The fourth-order valence-corrected chi connectivity index (χ4v) is 2.97. The summed E-state index contributed by atoms with van der Waals surface area (Å²) in [6.45, 7) is 1.94. The van der Waals surface area contributed by atoms with Crippen LogP contribution in [0.15, 0.2) is 45.1 Å². The van der Waals surface area contributed by atoms with Gasteiger partial charge in [-0.3, -0.25) is 5.41 Å². The molecule has 6 heteroatoms. The molecule has 0 aliphatic rings. The Morgan fingerprint density at radius 2 is 2.00 bits per heavy atom. The third-order valence-electron chi connectivity index (χ3n) is 2.20. The molecule has 0 saturated carbocycles. The molecule has 0 saturated heterocycles. The van der Waals surface area contributed by atoms with E-state index in [0.29, 0.717) is 10.7 Å². The van der Waals surface area contributed by atoms with E-state index in [9.17, 15) is 0 Å². The molecule has 0 aliphatic heterocycles. The van der Waals surface area contributed by atoms with E-state index < -0.39 is 0 Å². The summed E-state index contributed by atoms with van der Waals surface area (Å²) in [6.07, 6.45) is 3.53. The minimum absolute atomic E-state index is 0.0251. The molecule has 0 fully saturated rings. The Kier molecular flexibility index (Phi) is 3.98. The molecular formula is C12H11BrN4S. The van der Waals surface area contributed by atoms with Crippen LogP contribution in [-0.4, -0.2) is 15.8 Å². The third-order valence-corrected chi connectivity index (χ3v) is 3.82. The highest BCUT2D eigenvalue weighted by Crippen LogP contribution is 2.31. The fraction of sp³-hybridized carbons (Fsp3) is 0.0833. The van der Waals surface area contributed by atoms with Crippen molar-refractivity contribution in [3.8, 4) is 0 Å². The van der Waals surface area contributed by atoms with Crippen molar-refractivity contribution in [2.45, 2.75) is 17.0 Å². The maximum atomic E-state index is 7.61. The number of halogens is 1. The molecule has 0 spiro atoms. The Morgan fingerprint density at radius 3 is 2.61 bits per heavy atom. The van der Waals surface area contributed by atoms with Gasteiger partial charge in [-0.1, -0.05) is 6.07 Å². The van der Waals surface area contributed by atoms with Gasteiger partial charge in [-0.05, 0) is 52.3 Å². The number of amidine groups is 1. The molecule has 0 atom stereocenters. The van der Waals surface area contributed by atoms with Crippen LogP contribution in [0.4, 0.5) is 0 Å². The second kappa shape index (κ2) is 5.49. The van der Waals surface area contributed by atoms with E-state index in [1.807, 2.05) is 25.1 Å². The molecular weight excluding hydrogens is 312 g/mol. The number of nitrogens with zero attached hydrogens (tertiary/aromatic N) is 2. The Labute approximate surface area is 118 Å². The number of nitrogens with one attached hydrogen (secondary N) is 1. The van der Waals surface area contributed by atoms with Crippen LogP contribution < -0.4 is 5.73 Å². The monoisotopic (exact) mass is 322 g/mol. The summed E-state index contributed by atoms with van der Waals surface area (Å²) in [6, 6.07) is 5.65. The molecule has 4 nitrogen and oxygen atoms in total. The highest BCUT2D eigenvalue weighted by atomic mass is 79.9. The van der Waals surface area contributed by atoms with Crippen LogP contribution in [0.1, 0.15) is 11.1 Å². The predicted octanol–water partition coefficient (Wildman–Crippen LogP) is 2.98. The van der Waals surface area contributed by atoms with Crippen LogP contribution in [0, 0.1) is 12.3 Å². The summed E-state index contributed by atoms with van der Waals surface area (Å²) in [5.41, 5.74) is 7.28. The summed E-state index contributed by atoms with van der Waals surface area (Å²) in [5, 5.41) is 8.25. The maximum absolute atomic E-state index is 7.61. The number of benzene rings is 1. The van der Waals surface area contributed by atoms with Gasteiger partial charge in [-0.2, -0.15) is 0 Å². The summed E-state index contributed by atoms with van der Waals surface area (Å²) < 4.78 is 0.798. The van der Waals surface area contributed by atoms with Crippen molar-refractivity contribution in [3.05, 3.63) is 46.2 Å². The van der Waals surface area contributed by atoms with Gasteiger partial charge in [0, 0.05) is 27.3 Å². The lowest BCUT2D eigenvalue weighted by molar-refractivity contribution is 0.949. The molecule has 0 aliphatic carbocycles. The first-order valence-corrected chi connectivity index (χ1v) is 6.78. The van der Waals surface area contributed by atoms with E-state index in [4.69, 9.17) is 11.1 Å². The highest BCUT2D eigenvalue weighted by Gasteiger charge is 2.11. The molecule has 3 N–H and O–H groups in total. The molecule has 2 aromatic rings. The molecule has 0 bridgehead atoms. The van der Waals surface area contributed by atoms with Crippen molar-refractivity contribution < 1.29 is 0 Å². The zero-order valence-corrected chi connectivity index (χ0v) is 12.0. The van der Waals surface area contributed by atoms with Crippen LogP contribution in [0.5, 0.6) is 0 Å². The summed E-state index contributed by atoms with van der Waals surface area (Å²) in [5.74, 6) is 0.0251. The zero-order chi connectivity index (χ0) is 13.1. The zero-order valence-electron chi connectivity index (χ0n) is 9.64. The molecule has 92 valence electrons. The summed E-state index contributed by atoms with van der Waals surface area (Å²) in [7, 11) is 0. The lowest BCUT2D eigenvalue weighted by atomic mass is 10.2. The summed E-state index contributed by atoms with van der Waals surface area (Å²) >= 11 is 4.79. The number of hydrogen-bond donors (Lipinski definition) is 2. The maximum Gasteiger partial charge on any atom is 0.192 e. The molecule has 0 radical (unpaired) electrons. The van der Waals surface area contributed by atoms with E-state index in [2.05, 4.69) is 25.9 Å². The normalized spacial score (nSPS) is 10.3. The second-order valence-corrected chi connectivity index (χ2v) is 5.54. The van der Waals surface area contributed by atoms with Gasteiger partial charge >= 0.3 is 0 Å². The van der Waals surface area contributed by atoms with Crippen LogP contribution in [0.25, 0.3) is 0 Å². The topological polar surface area (TPSA) is 75.7 Å². The minimum atomic E-state index is 0.0251. The average molecular weight is 323 g/mol. The Bertz CT molecular complexity index is 583. The molecule has 18 heavy (non-hydrogen) atoms. The number of rotatable bonds is 3. The van der Waals surface area contributed by atoms with E-state index in [0.717, 1.165) is 14.9 Å². The SMILES string of the molecule is Cc1cnc(Sc2cccc(Br)c2C(=N)N)nc1. The van der Waals surface area contributed by atoms with Crippen LogP contribution >= 0.6 is 27.7 Å². The Hall–Kier alpha value is -1.40.